The summed E-state index contributed by atoms with van der Waals surface area (Å²) >= 11 is 1.82. The molecule has 1 heterocycles. The first-order chi connectivity index (χ1) is 9.31. The van der Waals surface area contributed by atoms with Crippen molar-refractivity contribution in [2.45, 2.75) is 19.5 Å². The van der Waals surface area contributed by atoms with Gasteiger partial charge in [-0.3, -0.25) is 0 Å². The van der Waals surface area contributed by atoms with Gasteiger partial charge in [0, 0.05) is 37.5 Å². The lowest BCUT2D eigenvalue weighted by atomic mass is 10.1. The van der Waals surface area contributed by atoms with Crippen LogP contribution in [0.3, 0.4) is 0 Å². The van der Waals surface area contributed by atoms with Crippen molar-refractivity contribution >= 4 is 21.4 Å². The van der Waals surface area contributed by atoms with Crippen molar-refractivity contribution in [3.63, 3.8) is 0 Å². The van der Waals surface area contributed by atoms with Gasteiger partial charge in [-0.05, 0) is 29.3 Å². The normalized spacial score (nSPS) is 12.9. The number of ether oxygens (including phenoxy) is 1. The molecule has 0 bridgehead atoms. The van der Waals surface area contributed by atoms with Gasteiger partial charge < -0.3 is 15.4 Å². The van der Waals surface area contributed by atoms with E-state index in [1.54, 1.807) is 7.11 Å². The van der Waals surface area contributed by atoms with E-state index in [0.29, 0.717) is 6.04 Å². The van der Waals surface area contributed by atoms with Crippen LogP contribution in [0.15, 0.2) is 29.6 Å². The Morgan fingerprint density at radius 1 is 1.32 bits per heavy atom. The molecule has 1 atom stereocenters. The minimum atomic E-state index is 0.454. The zero-order chi connectivity index (χ0) is 13.5. The zero-order valence-electron chi connectivity index (χ0n) is 11.6. The van der Waals surface area contributed by atoms with E-state index in [1.807, 2.05) is 11.3 Å². The van der Waals surface area contributed by atoms with E-state index in [-0.39, 0.29) is 0 Å². The summed E-state index contributed by atoms with van der Waals surface area (Å²) in [5.41, 5.74) is 1.39. The average Bonchev–Trinajstić information content (AvgIpc) is 2.85. The molecule has 0 amide bonds. The van der Waals surface area contributed by atoms with Crippen molar-refractivity contribution in [1.29, 1.82) is 0 Å². The summed E-state index contributed by atoms with van der Waals surface area (Å²) in [6.07, 6.45) is 0. The molecule has 1 unspecified atom stereocenters. The van der Waals surface area contributed by atoms with Gasteiger partial charge in [-0.15, -0.1) is 11.3 Å². The summed E-state index contributed by atoms with van der Waals surface area (Å²) in [6.45, 7) is 5.77. The highest BCUT2D eigenvalue weighted by molar-refractivity contribution is 7.17. The molecule has 19 heavy (non-hydrogen) atoms. The van der Waals surface area contributed by atoms with Crippen molar-refractivity contribution in [1.82, 2.24) is 10.6 Å². The van der Waals surface area contributed by atoms with Crippen molar-refractivity contribution in [3.05, 3.63) is 35.2 Å². The number of thiophene rings is 1. The predicted molar refractivity (Wildman–Crippen MR) is 82.9 cm³/mol. The Kier molecular flexibility index (Phi) is 5.79. The number of methoxy groups -OCH3 is 1. The van der Waals surface area contributed by atoms with Gasteiger partial charge in [0.05, 0.1) is 6.61 Å². The molecule has 2 N–H and O–H groups in total. The lowest BCUT2D eigenvalue weighted by Gasteiger charge is -2.14. The number of benzene rings is 1. The molecule has 0 spiro atoms. The third kappa shape index (κ3) is 4.28. The molecule has 0 radical (unpaired) electrons. The molecule has 0 saturated carbocycles. The van der Waals surface area contributed by atoms with E-state index in [2.05, 4.69) is 47.2 Å². The van der Waals surface area contributed by atoms with Crippen LogP contribution in [0.1, 0.15) is 12.5 Å². The number of hydrogen-bond donors (Lipinski definition) is 2. The van der Waals surface area contributed by atoms with Crippen molar-refractivity contribution in [2.75, 3.05) is 26.8 Å². The van der Waals surface area contributed by atoms with Crippen LogP contribution in [0.4, 0.5) is 0 Å². The van der Waals surface area contributed by atoms with Crippen molar-refractivity contribution in [2.24, 2.45) is 0 Å². The van der Waals surface area contributed by atoms with Crippen LogP contribution >= 0.6 is 11.3 Å². The van der Waals surface area contributed by atoms with Crippen molar-refractivity contribution in [3.8, 4) is 0 Å². The molecule has 0 fully saturated rings. The van der Waals surface area contributed by atoms with Gasteiger partial charge in [-0.25, -0.2) is 0 Å². The topological polar surface area (TPSA) is 33.3 Å². The number of hydrogen-bond acceptors (Lipinski definition) is 4. The van der Waals surface area contributed by atoms with Gasteiger partial charge >= 0.3 is 0 Å². The fraction of sp³-hybridized carbons (Fsp3) is 0.467. The maximum absolute atomic E-state index is 5.01. The molecule has 2 aromatic rings. The second-order valence-corrected chi connectivity index (χ2v) is 5.65. The van der Waals surface area contributed by atoms with Crippen LogP contribution in [0, 0.1) is 0 Å². The van der Waals surface area contributed by atoms with Crippen LogP contribution in [0.5, 0.6) is 0 Å². The highest BCUT2D eigenvalue weighted by atomic mass is 32.1. The van der Waals surface area contributed by atoms with E-state index in [0.717, 1.165) is 26.2 Å². The van der Waals surface area contributed by atoms with Gasteiger partial charge in [-0.2, -0.15) is 0 Å². The fourth-order valence-electron chi connectivity index (χ4n) is 2.02. The summed E-state index contributed by atoms with van der Waals surface area (Å²) < 4.78 is 6.38. The highest BCUT2D eigenvalue weighted by Crippen LogP contribution is 2.25. The van der Waals surface area contributed by atoms with Crippen LogP contribution in [-0.2, 0) is 11.3 Å². The fourth-order valence-corrected chi connectivity index (χ4v) is 2.98. The molecule has 0 saturated heterocycles. The lowest BCUT2D eigenvalue weighted by molar-refractivity contribution is 0.198. The molecular weight excluding hydrogens is 256 g/mol. The molecule has 0 aliphatic rings. The second-order valence-electron chi connectivity index (χ2n) is 4.74. The van der Waals surface area contributed by atoms with E-state index in [9.17, 15) is 0 Å². The van der Waals surface area contributed by atoms with Crippen LogP contribution in [-0.4, -0.2) is 32.8 Å². The van der Waals surface area contributed by atoms with Crippen LogP contribution in [0.2, 0.25) is 0 Å². The number of fused-ring (bicyclic) bond motifs is 1. The SMILES string of the molecule is COCCNCC(C)NCc1csc2ccccc12. The molecule has 1 aromatic heterocycles. The Labute approximate surface area is 119 Å². The Balaban J connectivity index is 1.78. The van der Waals surface area contributed by atoms with Crippen molar-refractivity contribution < 1.29 is 4.74 Å². The summed E-state index contributed by atoms with van der Waals surface area (Å²) in [5.74, 6) is 0. The van der Waals surface area contributed by atoms with E-state index >= 15 is 0 Å². The van der Waals surface area contributed by atoms with Gasteiger partial charge in [0.2, 0.25) is 0 Å². The predicted octanol–water partition coefficient (Wildman–Crippen LogP) is 2.62. The Morgan fingerprint density at radius 2 is 2.16 bits per heavy atom. The van der Waals surface area contributed by atoms with E-state index < -0.39 is 0 Å². The molecule has 3 nitrogen and oxygen atoms in total. The summed E-state index contributed by atoms with van der Waals surface area (Å²) in [5, 5.41) is 10.6. The molecule has 4 heteroatoms. The third-order valence-corrected chi connectivity index (χ3v) is 4.15. The summed E-state index contributed by atoms with van der Waals surface area (Å²) in [6, 6.07) is 9.03. The van der Waals surface area contributed by atoms with Gasteiger partial charge in [0.25, 0.3) is 0 Å². The molecule has 0 aliphatic carbocycles. The monoisotopic (exact) mass is 278 g/mol. The highest BCUT2D eigenvalue weighted by Gasteiger charge is 2.05. The first-order valence-electron chi connectivity index (χ1n) is 6.69. The second kappa shape index (κ2) is 7.60. The first-order valence-corrected chi connectivity index (χ1v) is 7.57. The Hall–Kier alpha value is -0.940. The lowest BCUT2D eigenvalue weighted by Crippen LogP contribution is -2.37. The molecule has 2 rings (SSSR count). The van der Waals surface area contributed by atoms with E-state index in [1.165, 1.54) is 15.6 Å². The van der Waals surface area contributed by atoms with Crippen LogP contribution < -0.4 is 10.6 Å². The van der Waals surface area contributed by atoms with E-state index in [4.69, 9.17) is 4.74 Å². The third-order valence-electron chi connectivity index (χ3n) is 3.14. The minimum absolute atomic E-state index is 0.454. The molecule has 1 aromatic carbocycles. The summed E-state index contributed by atoms with van der Waals surface area (Å²) in [4.78, 5) is 0. The largest absolute Gasteiger partial charge is 0.383 e. The maximum Gasteiger partial charge on any atom is 0.0587 e. The summed E-state index contributed by atoms with van der Waals surface area (Å²) in [7, 11) is 1.73. The standard InChI is InChI=1S/C15H22N2OS/c1-12(9-16-7-8-18-2)17-10-13-11-19-15-6-4-3-5-14(13)15/h3-6,11-12,16-17H,7-10H2,1-2H3. The van der Waals surface area contributed by atoms with Crippen LogP contribution in [0.25, 0.3) is 10.1 Å². The average molecular weight is 278 g/mol. The minimum Gasteiger partial charge on any atom is -0.383 e. The maximum atomic E-state index is 5.01. The Bertz CT molecular complexity index is 498. The first kappa shape index (κ1) is 14.5. The molecule has 104 valence electrons. The quantitative estimate of drug-likeness (QED) is 0.728. The number of nitrogens with one attached hydrogen (secondary N) is 2. The smallest absolute Gasteiger partial charge is 0.0587 e. The number of rotatable bonds is 8. The molecular formula is C15H22N2OS. The van der Waals surface area contributed by atoms with Gasteiger partial charge in [0.1, 0.15) is 0 Å². The zero-order valence-corrected chi connectivity index (χ0v) is 12.4. The van der Waals surface area contributed by atoms with Gasteiger partial charge in [0.15, 0.2) is 0 Å². The molecule has 0 aliphatic heterocycles. The van der Waals surface area contributed by atoms with Gasteiger partial charge in [-0.1, -0.05) is 18.2 Å². The Morgan fingerprint density at radius 3 is 3.00 bits per heavy atom.